The average molecular weight is 475 g/mol. The van der Waals surface area contributed by atoms with Gasteiger partial charge in [0.05, 0.1) is 0 Å². The molecule has 3 heterocycles. The molecule has 4 rings (SSSR count). The number of rotatable bonds is 5. The van der Waals surface area contributed by atoms with E-state index < -0.39 is 23.7 Å². The van der Waals surface area contributed by atoms with Gasteiger partial charge in [0.15, 0.2) is 5.69 Å². The van der Waals surface area contributed by atoms with Crippen LogP contribution < -0.4 is 4.74 Å². The molecule has 1 aromatic carbocycles. The number of halogens is 3. The molecular weight excluding hydrogens is 455 g/mol. The number of carbonyl (C=O) groups is 2. The number of hydrogen-bond acceptors (Lipinski definition) is 6. The van der Waals surface area contributed by atoms with Crippen LogP contribution in [-0.4, -0.2) is 67.9 Å². The molecule has 34 heavy (non-hydrogen) atoms. The second-order valence-electron chi connectivity index (χ2n) is 7.62. The molecule has 178 valence electrons. The van der Waals surface area contributed by atoms with E-state index in [0.717, 1.165) is 16.4 Å². The lowest BCUT2D eigenvalue weighted by Crippen LogP contribution is -2.49. The molecule has 0 saturated carbocycles. The molecule has 1 N–H and O–H groups in total. The van der Waals surface area contributed by atoms with Crippen molar-refractivity contribution in [3.05, 3.63) is 71.8 Å². The Hall–Kier alpha value is -3.93. The van der Waals surface area contributed by atoms with Gasteiger partial charge in [-0.25, -0.2) is 9.59 Å². The summed E-state index contributed by atoms with van der Waals surface area (Å²) in [5, 5.41) is 12.7. The Bertz CT molecular complexity index is 1190. The molecule has 0 atom stereocenters. The van der Waals surface area contributed by atoms with Gasteiger partial charge >= 0.3 is 18.2 Å². The van der Waals surface area contributed by atoms with E-state index in [4.69, 9.17) is 9.84 Å². The van der Waals surface area contributed by atoms with Gasteiger partial charge in [0.2, 0.25) is 0 Å². The quantitative estimate of drug-likeness (QED) is 0.602. The zero-order valence-corrected chi connectivity index (χ0v) is 17.8. The second-order valence-corrected chi connectivity index (χ2v) is 7.62. The predicted molar refractivity (Wildman–Crippen MR) is 113 cm³/mol. The predicted octanol–water partition coefficient (Wildman–Crippen LogP) is 3.57. The lowest BCUT2D eigenvalue weighted by atomic mass is 10.2. The van der Waals surface area contributed by atoms with E-state index >= 15 is 0 Å². The highest BCUT2D eigenvalue weighted by Crippen LogP contribution is 2.37. The fraction of sp³-hybridized carbons (Fsp3) is 0.273. The zero-order valence-electron chi connectivity index (χ0n) is 17.8. The van der Waals surface area contributed by atoms with Crippen LogP contribution in [0.1, 0.15) is 21.6 Å². The number of amides is 1. The Balaban J connectivity index is 1.36. The number of carboxylic acid groups (broad SMARTS) is 1. The van der Waals surface area contributed by atoms with Crippen molar-refractivity contribution in [2.45, 2.75) is 12.7 Å². The molecule has 2 aromatic heterocycles. The Morgan fingerprint density at radius 3 is 2.53 bits per heavy atom. The molecule has 1 amide bonds. The summed E-state index contributed by atoms with van der Waals surface area (Å²) in [6.07, 6.45) is -1.30. The molecule has 0 spiro atoms. The van der Waals surface area contributed by atoms with E-state index in [1.54, 1.807) is 23.1 Å². The van der Waals surface area contributed by atoms with Crippen LogP contribution in [0.3, 0.4) is 0 Å². The highest BCUT2D eigenvalue weighted by molar-refractivity contribution is 5.86. The number of benzene rings is 1. The van der Waals surface area contributed by atoms with Crippen molar-refractivity contribution in [1.82, 2.24) is 24.6 Å². The third-order valence-electron chi connectivity index (χ3n) is 5.27. The van der Waals surface area contributed by atoms with Gasteiger partial charge < -0.3 is 14.7 Å². The maximum atomic E-state index is 13.2. The summed E-state index contributed by atoms with van der Waals surface area (Å²) in [5.74, 6) is -1.26. The molecule has 1 aliphatic heterocycles. The van der Waals surface area contributed by atoms with Crippen molar-refractivity contribution in [1.29, 1.82) is 0 Å². The number of carboxylic acids is 1. The minimum atomic E-state index is -4.58. The van der Waals surface area contributed by atoms with Crippen LogP contribution in [-0.2, 0) is 12.7 Å². The fourth-order valence-corrected chi connectivity index (χ4v) is 3.56. The first-order valence-corrected chi connectivity index (χ1v) is 10.3. The summed E-state index contributed by atoms with van der Waals surface area (Å²) in [7, 11) is 0. The van der Waals surface area contributed by atoms with Crippen LogP contribution in [0.5, 0.6) is 11.5 Å². The number of hydrogen-bond donors (Lipinski definition) is 1. The SMILES string of the molecule is O=C(O)c1ccn(C(=O)N2CCN(Cc3cccc(Oc4ccncc4C(F)(F)F)c3)CC2)n1. The van der Waals surface area contributed by atoms with Gasteiger partial charge in [-0.3, -0.25) is 9.88 Å². The molecule has 1 fully saturated rings. The zero-order chi connectivity index (χ0) is 24.3. The van der Waals surface area contributed by atoms with Gasteiger partial charge in [-0.15, -0.1) is 0 Å². The van der Waals surface area contributed by atoms with Crippen molar-refractivity contribution in [2.24, 2.45) is 0 Å². The van der Waals surface area contributed by atoms with Gasteiger partial charge in [-0.2, -0.15) is 23.0 Å². The van der Waals surface area contributed by atoms with Crippen LogP contribution in [0.25, 0.3) is 0 Å². The van der Waals surface area contributed by atoms with E-state index in [1.807, 2.05) is 6.07 Å². The van der Waals surface area contributed by atoms with Crippen molar-refractivity contribution < 1.29 is 32.6 Å². The van der Waals surface area contributed by atoms with Crippen molar-refractivity contribution >= 4 is 12.0 Å². The Morgan fingerprint density at radius 2 is 1.85 bits per heavy atom. The van der Waals surface area contributed by atoms with Gasteiger partial charge in [0.1, 0.15) is 17.1 Å². The normalized spacial score (nSPS) is 14.7. The monoisotopic (exact) mass is 475 g/mol. The first-order chi connectivity index (χ1) is 16.2. The van der Waals surface area contributed by atoms with Crippen LogP contribution in [0.2, 0.25) is 0 Å². The van der Waals surface area contributed by atoms with Crippen LogP contribution in [0.15, 0.2) is 55.0 Å². The maximum Gasteiger partial charge on any atom is 0.421 e. The lowest BCUT2D eigenvalue weighted by Gasteiger charge is -2.34. The highest BCUT2D eigenvalue weighted by Gasteiger charge is 2.35. The number of aromatic nitrogens is 3. The molecule has 0 bridgehead atoms. The topological polar surface area (TPSA) is 101 Å². The largest absolute Gasteiger partial charge is 0.476 e. The summed E-state index contributed by atoms with van der Waals surface area (Å²) >= 11 is 0. The minimum Gasteiger partial charge on any atom is -0.476 e. The number of ether oxygens (including phenoxy) is 1. The maximum absolute atomic E-state index is 13.2. The second kappa shape index (κ2) is 9.51. The van der Waals surface area contributed by atoms with E-state index in [-0.39, 0.29) is 17.2 Å². The third-order valence-corrected chi connectivity index (χ3v) is 5.27. The summed E-state index contributed by atoms with van der Waals surface area (Å²) in [4.78, 5) is 30.7. The van der Waals surface area contributed by atoms with Gasteiger partial charge in [0, 0.05) is 51.3 Å². The number of carbonyl (C=O) groups excluding carboxylic acids is 1. The Labute approximate surface area is 192 Å². The smallest absolute Gasteiger partial charge is 0.421 e. The van der Waals surface area contributed by atoms with E-state index in [1.165, 1.54) is 24.5 Å². The number of alkyl halides is 3. The van der Waals surface area contributed by atoms with Gasteiger partial charge in [-0.1, -0.05) is 12.1 Å². The lowest BCUT2D eigenvalue weighted by molar-refractivity contribution is -0.138. The molecule has 9 nitrogen and oxygen atoms in total. The molecule has 0 radical (unpaired) electrons. The van der Waals surface area contributed by atoms with Crippen LogP contribution in [0.4, 0.5) is 18.0 Å². The fourth-order valence-electron chi connectivity index (χ4n) is 3.56. The van der Waals surface area contributed by atoms with E-state index in [9.17, 15) is 22.8 Å². The minimum absolute atomic E-state index is 0.205. The number of aromatic carboxylic acids is 1. The average Bonchev–Trinajstić information content (AvgIpc) is 3.30. The molecule has 12 heteroatoms. The van der Waals surface area contributed by atoms with Crippen LogP contribution in [0, 0.1) is 0 Å². The molecule has 3 aromatic rings. The molecular formula is C22H20F3N5O4. The summed E-state index contributed by atoms with van der Waals surface area (Å²) < 4.78 is 46.1. The number of piperazine rings is 1. The number of nitrogens with zero attached hydrogens (tertiary/aromatic N) is 5. The third kappa shape index (κ3) is 5.34. The first kappa shape index (κ1) is 23.2. The summed E-state index contributed by atoms with van der Waals surface area (Å²) in [6.45, 7) is 2.48. The van der Waals surface area contributed by atoms with Crippen molar-refractivity contribution in [3.63, 3.8) is 0 Å². The van der Waals surface area contributed by atoms with Crippen LogP contribution >= 0.6 is 0 Å². The summed E-state index contributed by atoms with van der Waals surface area (Å²) in [6, 6.07) is 8.83. The standard InChI is InChI=1S/C22H20F3N5O4/c23-22(24,25)17-13-26-6-4-19(17)34-16-3-1-2-15(12-16)14-28-8-10-29(11-9-28)21(33)30-7-5-18(27-30)20(31)32/h1-7,12-13H,8-11,14H2,(H,31,32). The molecule has 1 saturated heterocycles. The Kier molecular flexibility index (Phi) is 6.50. The molecule has 0 aliphatic carbocycles. The van der Waals surface area contributed by atoms with E-state index in [2.05, 4.69) is 15.0 Å². The summed E-state index contributed by atoms with van der Waals surface area (Å²) in [5.41, 5.74) is -0.310. The highest BCUT2D eigenvalue weighted by atomic mass is 19.4. The molecule has 1 aliphatic rings. The Morgan fingerprint density at radius 1 is 1.09 bits per heavy atom. The van der Waals surface area contributed by atoms with E-state index in [0.29, 0.717) is 32.7 Å². The number of pyridine rings is 1. The van der Waals surface area contributed by atoms with Gasteiger partial charge in [0.25, 0.3) is 0 Å². The van der Waals surface area contributed by atoms with Crippen molar-refractivity contribution in [3.8, 4) is 11.5 Å². The first-order valence-electron chi connectivity index (χ1n) is 10.3. The van der Waals surface area contributed by atoms with Gasteiger partial charge in [-0.05, 0) is 29.8 Å². The molecule has 0 unspecified atom stereocenters. The van der Waals surface area contributed by atoms with Crippen molar-refractivity contribution in [2.75, 3.05) is 26.2 Å².